The van der Waals surface area contributed by atoms with Gasteiger partial charge in [0.2, 0.25) is 5.16 Å². The predicted octanol–water partition coefficient (Wildman–Crippen LogP) is 0.336. The summed E-state index contributed by atoms with van der Waals surface area (Å²) in [6, 6.07) is 2.11. The molecule has 2 heterocycles. The van der Waals surface area contributed by atoms with E-state index < -0.39 is 10.8 Å². The van der Waals surface area contributed by atoms with Crippen molar-refractivity contribution in [3.8, 4) is 0 Å². The van der Waals surface area contributed by atoms with Gasteiger partial charge >= 0.3 is 0 Å². The third kappa shape index (κ3) is 2.36. The fourth-order valence-corrected chi connectivity index (χ4v) is 2.72. The van der Waals surface area contributed by atoms with Crippen LogP contribution in [0.2, 0.25) is 0 Å². The van der Waals surface area contributed by atoms with Crippen molar-refractivity contribution in [1.29, 1.82) is 0 Å². The fraction of sp³-hybridized carbons (Fsp3) is 0.556. The second-order valence-corrected chi connectivity index (χ2v) is 4.73. The summed E-state index contributed by atoms with van der Waals surface area (Å²) in [4.78, 5) is 7.96. The lowest BCUT2D eigenvalue weighted by Crippen LogP contribution is -2.28. The summed E-state index contributed by atoms with van der Waals surface area (Å²) in [5, 5.41) is 3.75. The highest BCUT2D eigenvalue weighted by molar-refractivity contribution is 7.84. The van der Waals surface area contributed by atoms with Crippen LogP contribution < -0.4 is 5.32 Å². The molecule has 0 aliphatic carbocycles. The molecule has 1 fully saturated rings. The van der Waals surface area contributed by atoms with Crippen molar-refractivity contribution >= 4 is 10.8 Å². The molecule has 2 rings (SSSR count). The van der Waals surface area contributed by atoms with Crippen LogP contribution in [0.4, 0.5) is 0 Å². The summed E-state index contributed by atoms with van der Waals surface area (Å²) >= 11 is 0. The third-order valence-corrected chi connectivity index (χ3v) is 3.58. The number of rotatable bonds is 3. The molecule has 1 aromatic rings. The standard InChI is InChI=1S/C9H13N3OS/c13-14(7-8-3-1-4-10-8)9-11-5-2-6-12-9/h2,5-6,8,10H,1,3-4,7H2/t8-,14+/m0/s1. The van der Waals surface area contributed by atoms with E-state index in [2.05, 4.69) is 15.3 Å². The van der Waals surface area contributed by atoms with Gasteiger partial charge in [-0.15, -0.1) is 0 Å². The lowest BCUT2D eigenvalue weighted by atomic mass is 10.3. The van der Waals surface area contributed by atoms with E-state index in [0.29, 0.717) is 17.0 Å². The first kappa shape index (κ1) is 9.73. The van der Waals surface area contributed by atoms with Crippen molar-refractivity contribution < 1.29 is 4.21 Å². The van der Waals surface area contributed by atoms with E-state index in [1.54, 1.807) is 18.5 Å². The number of hydrogen-bond acceptors (Lipinski definition) is 4. The van der Waals surface area contributed by atoms with Crippen molar-refractivity contribution in [2.75, 3.05) is 12.3 Å². The largest absolute Gasteiger partial charge is 0.313 e. The van der Waals surface area contributed by atoms with Gasteiger partial charge in [0.1, 0.15) is 0 Å². The van der Waals surface area contributed by atoms with Crippen LogP contribution in [0.15, 0.2) is 23.6 Å². The van der Waals surface area contributed by atoms with E-state index in [9.17, 15) is 4.21 Å². The molecule has 0 unspecified atom stereocenters. The quantitative estimate of drug-likeness (QED) is 0.732. The maximum Gasteiger partial charge on any atom is 0.218 e. The number of hydrogen-bond donors (Lipinski definition) is 1. The first-order valence-electron chi connectivity index (χ1n) is 4.75. The average molecular weight is 211 g/mol. The molecule has 1 aliphatic heterocycles. The zero-order valence-corrected chi connectivity index (χ0v) is 8.67. The number of nitrogens with one attached hydrogen (secondary N) is 1. The van der Waals surface area contributed by atoms with E-state index in [1.165, 1.54) is 6.42 Å². The summed E-state index contributed by atoms with van der Waals surface area (Å²) in [5.74, 6) is 0.629. The number of aromatic nitrogens is 2. The Morgan fingerprint density at radius 1 is 1.50 bits per heavy atom. The van der Waals surface area contributed by atoms with Crippen molar-refractivity contribution in [3.05, 3.63) is 18.5 Å². The maximum absolute atomic E-state index is 11.7. The molecular formula is C9H13N3OS. The maximum atomic E-state index is 11.7. The number of nitrogens with zero attached hydrogens (tertiary/aromatic N) is 2. The van der Waals surface area contributed by atoms with E-state index >= 15 is 0 Å². The summed E-state index contributed by atoms with van der Waals surface area (Å²) < 4.78 is 11.7. The third-order valence-electron chi connectivity index (χ3n) is 2.26. The Morgan fingerprint density at radius 2 is 2.29 bits per heavy atom. The minimum Gasteiger partial charge on any atom is -0.313 e. The normalized spacial score (nSPS) is 23.6. The van der Waals surface area contributed by atoms with Gasteiger partial charge in [-0.05, 0) is 25.5 Å². The first-order valence-corrected chi connectivity index (χ1v) is 6.07. The summed E-state index contributed by atoms with van der Waals surface area (Å²) in [6.07, 6.45) is 5.54. The molecule has 1 aromatic heterocycles. The Labute approximate surface area is 85.6 Å². The van der Waals surface area contributed by atoms with E-state index in [4.69, 9.17) is 0 Å². The summed E-state index contributed by atoms with van der Waals surface area (Å²) in [7, 11) is -1.06. The second-order valence-electron chi connectivity index (χ2n) is 3.34. The van der Waals surface area contributed by atoms with E-state index in [1.807, 2.05) is 0 Å². The Kier molecular flexibility index (Phi) is 3.21. The zero-order valence-electron chi connectivity index (χ0n) is 7.85. The average Bonchev–Trinajstić information content (AvgIpc) is 2.72. The van der Waals surface area contributed by atoms with Gasteiger partial charge in [-0.1, -0.05) is 0 Å². The summed E-state index contributed by atoms with van der Waals surface area (Å²) in [5.41, 5.74) is 0. The van der Waals surface area contributed by atoms with Crippen LogP contribution in [0.3, 0.4) is 0 Å². The van der Waals surface area contributed by atoms with Gasteiger partial charge in [0, 0.05) is 24.2 Å². The molecule has 1 saturated heterocycles. The van der Waals surface area contributed by atoms with E-state index in [-0.39, 0.29) is 0 Å². The van der Waals surface area contributed by atoms with Gasteiger partial charge in [0.05, 0.1) is 10.8 Å². The highest BCUT2D eigenvalue weighted by atomic mass is 32.2. The minimum absolute atomic E-state index is 0.375. The SMILES string of the molecule is O=[S@](C[C@@H]1CCCN1)c1ncccn1. The Balaban J connectivity index is 1.95. The Bertz CT molecular complexity index is 311. The molecule has 14 heavy (non-hydrogen) atoms. The predicted molar refractivity (Wildman–Crippen MR) is 54.3 cm³/mol. The molecule has 0 aromatic carbocycles. The molecular weight excluding hydrogens is 198 g/mol. The Hall–Kier alpha value is -0.810. The molecule has 0 amide bonds. The van der Waals surface area contributed by atoms with Crippen LogP contribution in [-0.2, 0) is 10.8 Å². The molecule has 76 valence electrons. The molecule has 1 N–H and O–H groups in total. The first-order chi connectivity index (χ1) is 6.86. The molecule has 5 heteroatoms. The smallest absolute Gasteiger partial charge is 0.218 e. The topological polar surface area (TPSA) is 54.9 Å². The highest BCUT2D eigenvalue weighted by Gasteiger charge is 2.18. The van der Waals surface area contributed by atoms with Gasteiger partial charge in [-0.25, -0.2) is 9.97 Å². The zero-order chi connectivity index (χ0) is 9.80. The van der Waals surface area contributed by atoms with Crippen LogP contribution in [0, 0.1) is 0 Å². The van der Waals surface area contributed by atoms with Gasteiger partial charge in [0.15, 0.2) is 0 Å². The molecule has 1 aliphatic rings. The lowest BCUT2D eigenvalue weighted by Gasteiger charge is -2.07. The highest BCUT2D eigenvalue weighted by Crippen LogP contribution is 2.08. The molecule has 2 atom stereocenters. The van der Waals surface area contributed by atoms with Crippen molar-refractivity contribution in [3.63, 3.8) is 0 Å². The molecule has 0 spiro atoms. The van der Waals surface area contributed by atoms with Crippen LogP contribution in [0.5, 0.6) is 0 Å². The van der Waals surface area contributed by atoms with Gasteiger partial charge < -0.3 is 5.32 Å². The second kappa shape index (κ2) is 4.61. The molecule has 0 radical (unpaired) electrons. The Morgan fingerprint density at radius 3 is 2.93 bits per heavy atom. The van der Waals surface area contributed by atoms with Crippen LogP contribution in [0.1, 0.15) is 12.8 Å². The van der Waals surface area contributed by atoms with Crippen molar-refractivity contribution in [2.24, 2.45) is 0 Å². The van der Waals surface area contributed by atoms with Crippen molar-refractivity contribution in [1.82, 2.24) is 15.3 Å². The minimum atomic E-state index is -1.06. The van der Waals surface area contributed by atoms with Gasteiger partial charge in [-0.3, -0.25) is 4.21 Å². The molecule has 0 bridgehead atoms. The lowest BCUT2D eigenvalue weighted by molar-refractivity contribution is 0.638. The van der Waals surface area contributed by atoms with Crippen LogP contribution >= 0.6 is 0 Å². The van der Waals surface area contributed by atoms with Crippen LogP contribution in [-0.4, -0.2) is 32.5 Å². The molecule has 4 nitrogen and oxygen atoms in total. The fourth-order valence-electron chi connectivity index (χ4n) is 1.56. The van der Waals surface area contributed by atoms with E-state index in [0.717, 1.165) is 13.0 Å². The summed E-state index contributed by atoms with van der Waals surface area (Å²) in [6.45, 7) is 1.04. The van der Waals surface area contributed by atoms with Crippen molar-refractivity contribution in [2.45, 2.75) is 24.0 Å². The molecule has 0 saturated carbocycles. The monoisotopic (exact) mass is 211 g/mol. The van der Waals surface area contributed by atoms with Gasteiger partial charge in [-0.2, -0.15) is 0 Å². The van der Waals surface area contributed by atoms with Crippen LogP contribution in [0.25, 0.3) is 0 Å². The van der Waals surface area contributed by atoms with Gasteiger partial charge in [0.25, 0.3) is 0 Å².